The van der Waals surface area contributed by atoms with Crippen LogP contribution < -0.4 is 10.1 Å². The number of para-hydroxylation sites is 2. The first-order chi connectivity index (χ1) is 12.1. The third-order valence-corrected chi connectivity index (χ3v) is 4.08. The number of carbonyl (C=O) groups is 2. The molecule has 25 heavy (non-hydrogen) atoms. The Kier molecular flexibility index (Phi) is 7.18. The lowest BCUT2D eigenvalue weighted by molar-refractivity contribution is -0.385. The van der Waals surface area contributed by atoms with Crippen molar-refractivity contribution in [3.8, 4) is 5.75 Å². The normalized spacial score (nSPS) is 14.6. The number of hydrogen-bond donors (Lipinski definition) is 1. The van der Waals surface area contributed by atoms with Crippen molar-refractivity contribution in [2.24, 2.45) is 5.92 Å². The maximum absolute atomic E-state index is 11.7. The second-order valence-electron chi connectivity index (χ2n) is 5.98. The van der Waals surface area contributed by atoms with Gasteiger partial charge in [0.15, 0.2) is 19.0 Å². The van der Waals surface area contributed by atoms with Gasteiger partial charge in [-0.2, -0.15) is 0 Å². The average Bonchev–Trinajstić information content (AvgIpc) is 2.64. The molecule has 1 aliphatic rings. The summed E-state index contributed by atoms with van der Waals surface area (Å²) in [6.45, 7) is -0.282. The highest BCUT2D eigenvalue weighted by Crippen LogP contribution is 2.25. The summed E-state index contributed by atoms with van der Waals surface area (Å²) < 4.78 is 9.92. The number of esters is 1. The summed E-state index contributed by atoms with van der Waals surface area (Å²) in [6.07, 6.45) is 5.87. The summed E-state index contributed by atoms with van der Waals surface area (Å²) >= 11 is 0. The van der Waals surface area contributed by atoms with E-state index < -0.39 is 17.5 Å². The fourth-order valence-electron chi connectivity index (χ4n) is 2.75. The van der Waals surface area contributed by atoms with Gasteiger partial charge >= 0.3 is 11.7 Å². The van der Waals surface area contributed by atoms with Crippen LogP contribution in [-0.2, 0) is 14.3 Å². The molecule has 1 aromatic rings. The van der Waals surface area contributed by atoms with E-state index in [0.29, 0.717) is 12.5 Å². The molecule has 2 rings (SSSR count). The maximum atomic E-state index is 11.7. The SMILES string of the molecule is O=C(COC(=O)COc1ccccc1[N+](=O)[O-])NCC1CCCCC1. The van der Waals surface area contributed by atoms with Gasteiger partial charge < -0.3 is 14.8 Å². The second kappa shape index (κ2) is 9.61. The number of amides is 1. The van der Waals surface area contributed by atoms with Crippen LogP contribution in [0.1, 0.15) is 32.1 Å². The first-order valence-electron chi connectivity index (χ1n) is 8.35. The lowest BCUT2D eigenvalue weighted by Gasteiger charge is -2.21. The molecular weight excluding hydrogens is 328 g/mol. The van der Waals surface area contributed by atoms with E-state index in [1.54, 1.807) is 6.07 Å². The van der Waals surface area contributed by atoms with Crippen LogP contribution in [0.4, 0.5) is 5.69 Å². The molecule has 0 spiro atoms. The number of hydrogen-bond acceptors (Lipinski definition) is 6. The van der Waals surface area contributed by atoms with Crippen LogP contribution in [0.25, 0.3) is 0 Å². The molecule has 0 bridgehead atoms. The number of benzene rings is 1. The van der Waals surface area contributed by atoms with Gasteiger partial charge in [0.1, 0.15) is 0 Å². The Morgan fingerprint density at radius 2 is 1.88 bits per heavy atom. The summed E-state index contributed by atoms with van der Waals surface area (Å²) in [5.41, 5.74) is -0.236. The third kappa shape index (κ3) is 6.40. The Labute approximate surface area is 145 Å². The smallest absolute Gasteiger partial charge is 0.344 e. The number of ether oxygens (including phenoxy) is 2. The predicted molar refractivity (Wildman–Crippen MR) is 89.1 cm³/mol. The van der Waals surface area contributed by atoms with E-state index in [1.807, 2.05) is 0 Å². The number of nitro benzene ring substituents is 1. The van der Waals surface area contributed by atoms with E-state index in [4.69, 9.17) is 9.47 Å². The largest absolute Gasteiger partial charge is 0.475 e. The zero-order chi connectivity index (χ0) is 18.1. The van der Waals surface area contributed by atoms with Gasteiger partial charge in [-0.15, -0.1) is 0 Å². The number of nitrogens with one attached hydrogen (secondary N) is 1. The molecular formula is C17H22N2O6. The minimum Gasteiger partial charge on any atom is -0.475 e. The zero-order valence-electron chi connectivity index (χ0n) is 13.9. The van der Waals surface area contributed by atoms with Crippen LogP contribution in [0.3, 0.4) is 0 Å². The fourth-order valence-corrected chi connectivity index (χ4v) is 2.75. The first-order valence-corrected chi connectivity index (χ1v) is 8.35. The summed E-state index contributed by atoms with van der Waals surface area (Å²) in [5, 5.41) is 13.6. The van der Waals surface area contributed by atoms with Crippen LogP contribution in [0.5, 0.6) is 5.75 Å². The molecule has 1 aliphatic carbocycles. The van der Waals surface area contributed by atoms with Crippen LogP contribution >= 0.6 is 0 Å². The van der Waals surface area contributed by atoms with Crippen LogP contribution in [0.15, 0.2) is 24.3 Å². The number of carbonyl (C=O) groups excluding carboxylic acids is 2. The zero-order valence-corrected chi connectivity index (χ0v) is 13.9. The topological polar surface area (TPSA) is 108 Å². The van der Waals surface area contributed by atoms with Crippen LogP contribution in [-0.4, -0.2) is 36.6 Å². The van der Waals surface area contributed by atoms with Crippen molar-refractivity contribution in [1.82, 2.24) is 5.32 Å². The Morgan fingerprint density at radius 1 is 1.16 bits per heavy atom. The molecule has 136 valence electrons. The number of rotatable bonds is 8. The first kappa shape index (κ1) is 18.7. The average molecular weight is 350 g/mol. The van der Waals surface area contributed by atoms with Gasteiger partial charge in [-0.05, 0) is 24.8 Å². The molecule has 0 heterocycles. The van der Waals surface area contributed by atoms with Crippen molar-refractivity contribution in [3.63, 3.8) is 0 Å². The van der Waals surface area contributed by atoms with Crippen molar-refractivity contribution in [2.45, 2.75) is 32.1 Å². The van der Waals surface area contributed by atoms with E-state index in [0.717, 1.165) is 12.8 Å². The van der Waals surface area contributed by atoms with Gasteiger partial charge in [0, 0.05) is 12.6 Å². The van der Waals surface area contributed by atoms with E-state index in [-0.39, 0.29) is 24.0 Å². The van der Waals surface area contributed by atoms with E-state index in [1.165, 1.54) is 37.5 Å². The van der Waals surface area contributed by atoms with E-state index in [2.05, 4.69) is 5.32 Å². The Bertz CT molecular complexity index is 613. The summed E-state index contributed by atoms with van der Waals surface area (Å²) in [5.74, 6) is -0.642. The molecule has 8 heteroatoms. The van der Waals surface area contributed by atoms with E-state index in [9.17, 15) is 19.7 Å². The minimum atomic E-state index is -0.758. The van der Waals surface area contributed by atoms with Gasteiger partial charge in [0.25, 0.3) is 5.91 Å². The molecule has 8 nitrogen and oxygen atoms in total. The van der Waals surface area contributed by atoms with Gasteiger partial charge in [0.05, 0.1) is 4.92 Å². The number of nitrogens with zero attached hydrogens (tertiary/aromatic N) is 1. The summed E-state index contributed by atoms with van der Waals surface area (Å²) in [6, 6.07) is 5.73. The van der Waals surface area contributed by atoms with Gasteiger partial charge in [-0.25, -0.2) is 4.79 Å². The summed E-state index contributed by atoms with van der Waals surface area (Å²) in [7, 11) is 0. The fraction of sp³-hybridized carbons (Fsp3) is 0.529. The lowest BCUT2D eigenvalue weighted by Crippen LogP contribution is -2.34. The lowest BCUT2D eigenvalue weighted by atomic mass is 9.89. The van der Waals surface area contributed by atoms with Crippen molar-refractivity contribution in [1.29, 1.82) is 0 Å². The molecule has 0 atom stereocenters. The standard InChI is InChI=1S/C17H22N2O6/c20-16(18-10-13-6-2-1-3-7-13)11-25-17(21)12-24-15-9-5-4-8-14(15)19(22)23/h4-5,8-9,13H,1-3,6-7,10-12H2,(H,18,20). The molecule has 0 unspecified atom stereocenters. The maximum Gasteiger partial charge on any atom is 0.344 e. The predicted octanol–water partition coefficient (Wildman–Crippen LogP) is 2.21. The van der Waals surface area contributed by atoms with Crippen LogP contribution in [0, 0.1) is 16.0 Å². The van der Waals surface area contributed by atoms with Gasteiger partial charge in [-0.3, -0.25) is 14.9 Å². The highest BCUT2D eigenvalue weighted by molar-refractivity contribution is 5.80. The van der Waals surface area contributed by atoms with Crippen molar-refractivity contribution in [3.05, 3.63) is 34.4 Å². The molecule has 1 N–H and O–H groups in total. The molecule has 0 aliphatic heterocycles. The Balaban J connectivity index is 1.66. The van der Waals surface area contributed by atoms with E-state index >= 15 is 0 Å². The molecule has 1 saturated carbocycles. The molecule has 0 saturated heterocycles. The summed E-state index contributed by atoms with van der Waals surface area (Å²) in [4.78, 5) is 33.5. The molecule has 1 amide bonds. The van der Waals surface area contributed by atoms with Gasteiger partial charge in [0.2, 0.25) is 0 Å². The van der Waals surface area contributed by atoms with Crippen molar-refractivity contribution in [2.75, 3.05) is 19.8 Å². The monoisotopic (exact) mass is 350 g/mol. The number of nitro groups is 1. The molecule has 0 aromatic heterocycles. The molecule has 1 aromatic carbocycles. The molecule has 0 radical (unpaired) electrons. The second-order valence-corrected chi connectivity index (χ2v) is 5.98. The molecule has 1 fully saturated rings. The quantitative estimate of drug-likeness (QED) is 0.437. The van der Waals surface area contributed by atoms with Crippen molar-refractivity contribution >= 4 is 17.6 Å². The van der Waals surface area contributed by atoms with Crippen molar-refractivity contribution < 1.29 is 24.0 Å². The highest BCUT2D eigenvalue weighted by atomic mass is 16.6. The van der Waals surface area contributed by atoms with Gasteiger partial charge in [-0.1, -0.05) is 31.4 Å². The third-order valence-electron chi connectivity index (χ3n) is 4.08. The Morgan fingerprint density at radius 3 is 2.60 bits per heavy atom. The highest BCUT2D eigenvalue weighted by Gasteiger charge is 2.17. The minimum absolute atomic E-state index is 0.0220. The van der Waals surface area contributed by atoms with Crippen LogP contribution in [0.2, 0.25) is 0 Å². The Hall–Kier alpha value is -2.64.